The van der Waals surface area contributed by atoms with E-state index in [1.165, 1.54) is 0 Å². The first-order valence-corrected chi connectivity index (χ1v) is 9.89. The Bertz CT molecular complexity index is 876. The van der Waals surface area contributed by atoms with E-state index in [0.29, 0.717) is 29.3 Å². The largest absolute Gasteiger partial charge is 0.383 e. The first-order valence-electron chi connectivity index (χ1n) is 7.59. The lowest BCUT2D eigenvalue weighted by atomic mass is 10.2. The third-order valence-electron chi connectivity index (χ3n) is 3.44. The van der Waals surface area contributed by atoms with Crippen LogP contribution in [0.3, 0.4) is 0 Å². The van der Waals surface area contributed by atoms with Crippen molar-refractivity contribution in [1.29, 1.82) is 0 Å². The van der Waals surface area contributed by atoms with Crippen LogP contribution in [0.1, 0.15) is 26.5 Å². The molecule has 0 fully saturated rings. The molecule has 0 saturated heterocycles. The van der Waals surface area contributed by atoms with Crippen LogP contribution in [-0.4, -0.2) is 39.6 Å². The standard InChI is InChI=1S/C16H21N3O4S2/c1-10-5-6-13(11(2)9-10)25(21,22)19-16-18-12(3)14(24-16)15(20)17-7-8-23-4/h5-6,9H,7-8H2,1-4H3,(H,17,20)(H,18,19). The number of carbonyl (C=O) groups is 1. The highest BCUT2D eigenvalue weighted by molar-refractivity contribution is 7.93. The van der Waals surface area contributed by atoms with Crippen molar-refractivity contribution in [2.24, 2.45) is 0 Å². The van der Waals surface area contributed by atoms with Gasteiger partial charge in [-0.25, -0.2) is 13.4 Å². The lowest BCUT2D eigenvalue weighted by Crippen LogP contribution is -2.26. The number of hydrogen-bond acceptors (Lipinski definition) is 6. The zero-order valence-corrected chi connectivity index (χ0v) is 16.2. The summed E-state index contributed by atoms with van der Waals surface area (Å²) in [5.41, 5.74) is 2.10. The van der Waals surface area contributed by atoms with Crippen molar-refractivity contribution in [2.75, 3.05) is 25.0 Å². The summed E-state index contributed by atoms with van der Waals surface area (Å²) in [6.07, 6.45) is 0. The molecular weight excluding hydrogens is 362 g/mol. The van der Waals surface area contributed by atoms with E-state index in [0.717, 1.165) is 16.9 Å². The molecule has 0 radical (unpaired) electrons. The summed E-state index contributed by atoms with van der Waals surface area (Å²) in [5.74, 6) is -0.302. The van der Waals surface area contributed by atoms with Crippen LogP contribution >= 0.6 is 11.3 Å². The molecule has 0 aliphatic rings. The number of aryl methyl sites for hydroxylation is 3. The smallest absolute Gasteiger partial charge is 0.263 e. The van der Waals surface area contributed by atoms with Gasteiger partial charge in [-0.2, -0.15) is 0 Å². The Balaban J connectivity index is 2.20. The van der Waals surface area contributed by atoms with Crippen LogP contribution in [0.15, 0.2) is 23.1 Å². The summed E-state index contributed by atoms with van der Waals surface area (Å²) in [4.78, 5) is 16.8. The number of carbonyl (C=O) groups excluding carboxylic acids is 1. The predicted octanol–water partition coefficient (Wildman–Crippen LogP) is 2.25. The van der Waals surface area contributed by atoms with Crippen molar-refractivity contribution in [2.45, 2.75) is 25.7 Å². The molecule has 1 heterocycles. The summed E-state index contributed by atoms with van der Waals surface area (Å²) < 4.78 is 32.5. The van der Waals surface area contributed by atoms with Gasteiger partial charge in [0.1, 0.15) is 4.88 Å². The Kier molecular flexibility index (Phi) is 6.15. The number of methoxy groups -OCH3 is 1. The highest BCUT2D eigenvalue weighted by atomic mass is 32.2. The fourth-order valence-corrected chi connectivity index (χ4v) is 4.61. The van der Waals surface area contributed by atoms with Crippen molar-refractivity contribution in [1.82, 2.24) is 10.3 Å². The molecule has 2 N–H and O–H groups in total. The van der Waals surface area contributed by atoms with Crippen molar-refractivity contribution < 1.29 is 17.9 Å². The molecule has 0 bridgehead atoms. The number of hydrogen-bond donors (Lipinski definition) is 2. The van der Waals surface area contributed by atoms with Gasteiger partial charge in [0.05, 0.1) is 17.2 Å². The number of nitrogens with zero attached hydrogens (tertiary/aromatic N) is 1. The van der Waals surface area contributed by atoms with E-state index >= 15 is 0 Å². The first-order chi connectivity index (χ1) is 11.7. The molecule has 7 nitrogen and oxygen atoms in total. The van der Waals surface area contributed by atoms with Gasteiger partial charge in [-0.3, -0.25) is 9.52 Å². The molecule has 0 saturated carbocycles. The predicted molar refractivity (Wildman–Crippen MR) is 97.8 cm³/mol. The molecule has 136 valence electrons. The number of rotatable bonds is 7. The number of sulfonamides is 1. The number of anilines is 1. The molecular formula is C16H21N3O4S2. The summed E-state index contributed by atoms with van der Waals surface area (Å²) in [7, 11) is -2.22. The van der Waals surface area contributed by atoms with Crippen LogP contribution in [0.2, 0.25) is 0 Å². The summed E-state index contributed by atoms with van der Waals surface area (Å²) in [6.45, 7) is 6.07. The Morgan fingerprint density at radius 2 is 2.00 bits per heavy atom. The Morgan fingerprint density at radius 3 is 2.64 bits per heavy atom. The van der Waals surface area contributed by atoms with Gasteiger partial charge in [-0.15, -0.1) is 0 Å². The molecule has 25 heavy (non-hydrogen) atoms. The van der Waals surface area contributed by atoms with Crippen LogP contribution in [0, 0.1) is 20.8 Å². The zero-order chi connectivity index (χ0) is 18.6. The Hall–Kier alpha value is -1.97. The third kappa shape index (κ3) is 4.77. The van der Waals surface area contributed by atoms with E-state index in [1.54, 1.807) is 39.2 Å². The summed E-state index contributed by atoms with van der Waals surface area (Å²) in [6, 6.07) is 5.10. The molecule has 1 amide bonds. The van der Waals surface area contributed by atoms with Gasteiger partial charge in [-0.1, -0.05) is 29.0 Å². The van der Waals surface area contributed by atoms with Crippen LogP contribution in [-0.2, 0) is 14.8 Å². The van der Waals surface area contributed by atoms with Crippen LogP contribution in [0.25, 0.3) is 0 Å². The van der Waals surface area contributed by atoms with Gasteiger partial charge >= 0.3 is 0 Å². The van der Waals surface area contributed by atoms with Crippen molar-refractivity contribution >= 4 is 32.4 Å². The average Bonchev–Trinajstić information content (AvgIpc) is 2.86. The van der Waals surface area contributed by atoms with E-state index < -0.39 is 10.0 Å². The topological polar surface area (TPSA) is 97.4 Å². The molecule has 0 atom stereocenters. The molecule has 2 aromatic rings. The van der Waals surface area contributed by atoms with Gasteiger partial charge < -0.3 is 10.1 Å². The second-order valence-electron chi connectivity index (χ2n) is 5.56. The van der Waals surface area contributed by atoms with Crippen LogP contribution in [0.4, 0.5) is 5.13 Å². The molecule has 9 heteroatoms. The van der Waals surface area contributed by atoms with Gasteiger partial charge in [-0.05, 0) is 32.4 Å². The molecule has 1 aromatic carbocycles. The van der Waals surface area contributed by atoms with Gasteiger partial charge in [0.2, 0.25) is 0 Å². The normalized spacial score (nSPS) is 11.4. The van der Waals surface area contributed by atoms with E-state index in [1.807, 2.05) is 6.92 Å². The highest BCUT2D eigenvalue weighted by Gasteiger charge is 2.21. The minimum absolute atomic E-state index is 0.161. The number of ether oxygens (including phenoxy) is 1. The number of nitrogens with one attached hydrogen (secondary N) is 2. The maximum Gasteiger partial charge on any atom is 0.263 e. The van der Waals surface area contributed by atoms with E-state index in [9.17, 15) is 13.2 Å². The molecule has 0 aliphatic carbocycles. The first kappa shape index (κ1) is 19.4. The summed E-state index contributed by atoms with van der Waals surface area (Å²) >= 11 is 1.00. The Labute approximate surface area is 151 Å². The van der Waals surface area contributed by atoms with Crippen LogP contribution in [0.5, 0.6) is 0 Å². The second-order valence-corrected chi connectivity index (χ2v) is 8.21. The van der Waals surface area contributed by atoms with Gasteiger partial charge in [0.25, 0.3) is 15.9 Å². The quantitative estimate of drug-likeness (QED) is 0.715. The monoisotopic (exact) mass is 383 g/mol. The minimum Gasteiger partial charge on any atom is -0.383 e. The lowest BCUT2D eigenvalue weighted by molar-refractivity contribution is 0.0940. The molecule has 0 aliphatic heterocycles. The van der Waals surface area contributed by atoms with Gasteiger partial charge in [0, 0.05) is 13.7 Å². The minimum atomic E-state index is -3.76. The van der Waals surface area contributed by atoms with E-state index in [-0.39, 0.29) is 15.9 Å². The number of benzene rings is 1. The fourth-order valence-electron chi connectivity index (χ4n) is 2.27. The third-order valence-corrected chi connectivity index (χ3v) is 6.14. The van der Waals surface area contributed by atoms with E-state index in [4.69, 9.17) is 4.74 Å². The number of thiazole rings is 1. The fraction of sp³-hybridized carbons (Fsp3) is 0.375. The summed E-state index contributed by atoms with van der Waals surface area (Å²) in [5, 5.41) is 2.85. The number of aromatic nitrogens is 1. The molecule has 0 unspecified atom stereocenters. The number of amides is 1. The zero-order valence-electron chi connectivity index (χ0n) is 14.5. The lowest BCUT2D eigenvalue weighted by Gasteiger charge is -2.08. The van der Waals surface area contributed by atoms with Crippen molar-refractivity contribution in [3.8, 4) is 0 Å². The molecule has 1 aromatic heterocycles. The highest BCUT2D eigenvalue weighted by Crippen LogP contribution is 2.26. The van der Waals surface area contributed by atoms with Crippen LogP contribution < -0.4 is 10.0 Å². The maximum atomic E-state index is 12.6. The molecule has 2 rings (SSSR count). The van der Waals surface area contributed by atoms with Gasteiger partial charge in [0.15, 0.2) is 5.13 Å². The second kappa shape index (κ2) is 7.94. The SMILES string of the molecule is COCCNC(=O)c1sc(NS(=O)(=O)c2ccc(C)cc2C)nc1C. The average molecular weight is 383 g/mol. The van der Waals surface area contributed by atoms with E-state index in [2.05, 4.69) is 15.0 Å². The maximum absolute atomic E-state index is 12.6. The molecule has 0 spiro atoms. The van der Waals surface area contributed by atoms with Crippen molar-refractivity contribution in [3.63, 3.8) is 0 Å². The van der Waals surface area contributed by atoms with Crippen molar-refractivity contribution in [3.05, 3.63) is 39.9 Å². The Morgan fingerprint density at radius 1 is 1.28 bits per heavy atom.